The summed E-state index contributed by atoms with van der Waals surface area (Å²) in [6.45, 7) is 3.28. The summed E-state index contributed by atoms with van der Waals surface area (Å²) in [4.78, 5) is 20.1. The van der Waals surface area contributed by atoms with Gasteiger partial charge in [-0.2, -0.15) is 13.2 Å². The molecule has 0 aromatic carbocycles. The minimum Gasteiger partial charge on any atom is -0.389 e. The van der Waals surface area contributed by atoms with Gasteiger partial charge in [0, 0.05) is 29.7 Å². The molecule has 4 aromatic rings. The van der Waals surface area contributed by atoms with Gasteiger partial charge >= 0.3 is 6.18 Å². The molecule has 0 fully saturated rings. The van der Waals surface area contributed by atoms with E-state index in [0.717, 1.165) is 6.07 Å². The van der Waals surface area contributed by atoms with E-state index >= 15 is 0 Å². The van der Waals surface area contributed by atoms with Crippen LogP contribution in [0, 0.1) is 0 Å². The average molecular weight is 444 g/mol. The molecule has 4 rings (SSSR count). The molecule has 0 radical (unpaired) electrons. The number of hydrogen-bond acceptors (Lipinski definition) is 8. The highest BCUT2D eigenvalue weighted by Crippen LogP contribution is 2.36. The van der Waals surface area contributed by atoms with Crippen molar-refractivity contribution in [1.29, 1.82) is 0 Å². The second-order valence-electron chi connectivity index (χ2n) is 7.80. The van der Waals surface area contributed by atoms with E-state index in [2.05, 4.69) is 30.2 Å². The summed E-state index contributed by atoms with van der Waals surface area (Å²) in [7, 11) is 0. The van der Waals surface area contributed by atoms with Crippen molar-refractivity contribution in [3.63, 3.8) is 0 Å². The highest BCUT2D eigenvalue weighted by molar-refractivity contribution is 5.77. The smallest absolute Gasteiger partial charge is 0.389 e. The maximum atomic E-state index is 13.7. The number of rotatable bonds is 5. The number of halogens is 3. The van der Waals surface area contributed by atoms with Gasteiger partial charge in [0.05, 0.1) is 18.5 Å². The van der Waals surface area contributed by atoms with Crippen LogP contribution in [0.15, 0.2) is 43.1 Å². The maximum absolute atomic E-state index is 13.7. The van der Waals surface area contributed by atoms with Crippen molar-refractivity contribution in [1.82, 2.24) is 29.5 Å². The lowest BCUT2D eigenvalue weighted by molar-refractivity contribution is -0.137. The van der Waals surface area contributed by atoms with E-state index in [-0.39, 0.29) is 29.5 Å². The van der Waals surface area contributed by atoms with Gasteiger partial charge in [0.15, 0.2) is 5.65 Å². The zero-order valence-corrected chi connectivity index (χ0v) is 17.1. The Bertz CT molecular complexity index is 1250. The van der Waals surface area contributed by atoms with E-state index in [1.54, 1.807) is 19.9 Å². The molecule has 0 bridgehead atoms. The molecule has 0 spiro atoms. The first-order chi connectivity index (χ1) is 15.0. The molecule has 0 saturated carbocycles. The molecule has 9 nitrogen and oxygen atoms in total. The summed E-state index contributed by atoms with van der Waals surface area (Å²) in [5.74, 6) is -0.125. The quantitative estimate of drug-likeness (QED) is 0.427. The van der Waals surface area contributed by atoms with Gasteiger partial charge in [0.25, 0.3) is 0 Å². The number of fused-ring (bicyclic) bond motifs is 1. The lowest BCUT2D eigenvalue weighted by atomic mass is 10.1. The van der Waals surface area contributed by atoms with Gasteiger partial charge < -0.3 is 20.7 Å². The van der Waals surface area contributed by atoms with Gasteiger partial charge in [-0.1, -0.05) is 0 Å². The van der Waals surface area contributed by atoms with Gasteiger partial charge in [-0.25, -0.2) is 24.9 Å². The van der Waals surface area contributed by atoms with Crippen molar-refractivity contribution in [2.45, 2.75) is 32.2 Å². The summed E-state index contributed by atoms with van der Waals surface area (Å²) in [5.41, 5.74) is 4.99. The number of aliphatic hydroxyl groups is 1. The van der Waals surface area contributed by atoms with E-state index in [0.29, 0.717) is 11.1 Å². The van der Waals surface area contributed by atoms with Crippen LogP contribution in [0.3, 0.4) is 0 Å². The van der Waals surface area contributed by atoms with Crippen molar-refractivity contribution >= 4 is 28.7 Å². The number of nitrogens with zero attached hydrogens (tertiary/aromatic N) is 6. The Hall–Kier alpha value is -3.80. The van der Waals surface area contributed by atoms with Crippen molar-refractivity contribution in [3.05, 3.63) is 48.7 Å². The molecule has 166 valence electrons. The van der Waals surface area contributed by atoms with Crippen LogP contribution in [-0.4, -0.2) is 40.2 Å². The molecule has 4 heterocycles. The zero-order valence-electron chi connectivity index (χ0n) is 17.1. The number of nitrogens with one attached hydrogen (secondary N) is 1. The first kappa shape index (κ1) is 21.4. The molecule has 0 unspecified atom stereocenters. The average Bonchev–Trinajstić information content (AvgIpc) is 3.08. The predicted molar refractivity (Wildman–Crippen MR) is 112 cm³/mol. The van der Waals surface area contributed by atoms with E-state index in [1.165, 1.54) is 35.6 Å². The lowest BCUT2D eigenvalue weighted by Crippen LogP contribution is -2.25. The number of alkyl halides is 3. The number of aromatic nitrogens is 6. The third-order valence-electron chi connectivity index (χ3n) is 4.47. The van der Waals surface area contributed by atoms with E-state index in [1.807, 2.05) is 0 Å². The van der Waals surface area contributed by atoms with Crippen molar-refractivity contribution in [2.75, 3.05) is 11.1 Å². The van der Waals surface area contributed by atoms with E-state index in [4.69, 9.17) is 5.73 Å². The largest absolute Gasteiger partial charge is 0.420 e. The molecule has 12 heteroatoms. The second-order valence-corrected chi connectivity index (χ2v) is 7.80. The van der Waals surface area contributed by atoms with Gasteiger partial charge in [-0.05, 0) is 32.0 Å². The summed E-state index contributed by atoms with van der Waals surface area (Å²) < 4.78 is 42.5. The summed E-state index contributed by atoms with van der Waals surface area (Å²) >= 11 is 0. The zero-order chi connectivity index (χ0) is 23.1. The number of pyridine rings is 2. The minimum absolute atomic E-state index is 0.0683. The normalized spacial score (nSPS) is 12.3. The van der Waals surface area contributed by atoms with Crippen LogP contribution < -0.4 is 11.1 Å². The molecule has 0 aliphatic carbocycles. The Morgan fingerprint density at radius 3 is 2.31 bits per heavy atom. The lowest BCUT2D eigenvalue weighted by Gasteiger charge is -2.18. The first-order valence-electron chi connectivity index (χ1n) is 9.46. The fourth-order valence-electron chi connectivity index (χ4n) is 3.08. The van der Waals surface area contributed by atoms with Crippen LogP contribution in [0.2, 0.25) is 0 Å². The summed E-state index contributed by atoms with van der Waals surface area (Å²) in [6.07, 6.45) is 1.20. The topological polar surface area (TPSA) is 128 Å². The van der Waals surface area contributed by atoms with Crippen LogP contribution in [0.5, 0.6) is 0 Å². The van der Waals surface area contributed by atoms with Crippen LogP contribution in [-0.2, 0) is 12.7 Å². The number of nitrogens with two attached hydrogens (primary N) is 1. The predicted octanol–water partition coefficient (Wildman–Crippen LogP) is 3.40. The van der Waals surface area contributed by atoms with Gasteiger partial charge in [0.1, 0.15) is 22.7 Å². The number of hydrogen-bond donors (Lipinski definition) is 3. The first-order valence-corrected chi connectivity index (χ1v) is 9.46. The molecular weight excluding hydrogens is 425 g/mol. The van der Waals surface area contributed by atoms with E-state index in [9.17, 15) is 18.3 Å². The van der Waals surface area contributed by atoms with Gasteiger partial charge in [-0.3, -0.25) is 0 Å². The maximum Gasteiger partial charge on any atom is 0.420 e. The molecule has 0 aliphatic rings. The third kappa shape index (κ3) is 4.59. The van der Waals surface area contributed by atoms with Crippen LogP contribution in [0.1, 0.15) is 19.4 Å². The molecule has 4 N–H and O–H groups in total. The van der Waals surface area contributed by atoms with E-state index < -0.39 is 23.2 Å². The Kier molecular flexibility index (Phi) is 5.17. The van der Waals surface area contributed by atoms with Gasteiger partial charge in [-0.15, -0.1) is 0 Å². The minimum atomic E-state index is -4.66. The SMILES string of the molecule is CC(C)(O)Cn1cnc2cc(C(F)(F)F)c(Nc3ccc(-c4cnc(N)nc4)cn3)nc21. The fraction of sp³-hybridized carbons (Fsp3) is 0.250. The fourth-order valence-corrected chi connectivity index (χ4v) is 3.08. The summed E-state index contributed by atoms with van der Waals surface area (Å²) in [5, 5.41) is 12.7. The molecule has 4 aromatic heterocycles. The number of nitrogen functional groups attached to an aromatic ring is 1. The molecule has 0 amide bonds. The Morgan fingerprint density at radius 2 is 1.72 bits per heavy atom. The molecule has 32 heavy (non-hydrogen) atoms. The highest BCUT2D eigenvalue weighted by atomic mass is 19.4. The van der Waals surface area contributed by atoms with Crippen molar-refractivity contribution < 1.29 is 18.3 Å². The number of imidazole rings is 1. The molecular formula is C20H19F3N8O. The van der Waals surface area contributed by atoms with Crippen LogP contribution >= 0.6 is 0 Å². The second kappa shape index (κ2) is 7.71. The Balaban J connectivity index is 1.70. The Labute approximate surface area is 180 Å². The third-order valence-corrected chi connectivity index (χ3v) is 4.47. The van der Waals surface area contributed by atoms with Crippen molar-refractivity contribution in [2.24, 2.45) is 0 Å². The van der Waals surface area contributed by atoms with Crippen LogP contribution in [0.25, 0.3) is 22.3 Å². The van der Waals surface area contributed by atoms with Gasteiger partial charge in [0.2, 0.25) is 5.95 Å². The monoisotopic (exact) mass is 444 g/mol. The molecule has 0 saturated heterocycles. The highest BCUT2D eigenvalue weighted by Gasteiger charge is 2.36. The van der Waals surface area contributed by atoms with Crippen molar-refractivity contribution in [3.8, 4) is 11.1 Å². The molecule has 0 atom stereocenters. The Morgan fingerprint density at radius 1 is 1.03 bits per heavy atom. The number of anilines is 3. The standard InChI is InChI=1S/C20H19F3N8O/c1-19(2,32)9-31-10-28-14-5-13(20(21,22)23)16(30-17(14)31)29-15-4-3-11(6-25-15)12-7-26-18(24)27-8-12/h3-8,10,32H,9H2,1-2H3,(H2,24,26,27)(H,25,29,30). The molecule has 0 aliphatic heterocycles. The summed E-state index contributed by atoms with van der Waals surface area (Å²) in [6, 6.07) is 4.10. The van der Waals surface area contributed by atoms with Crippen LogP contribution in [0.4, 0.5) is 30.8 Å².